The number of hydrazone groups is 2. The standard InChI is InChI=1S/C5H11N7O4/c6-4(13)10-8-1-3(12(15)16)2-9-11-5(7)14/h1-3,12,15H,(H3,6,10,13)(H3,7,11,14)/b8-1+,9-2+. The highest BCUT2D eigenvalue weighted by Gasteiger charge is 2.08. The molecule has 0 aromatic rings. The van der Waals surface area contributed by atoms with Gasteiger partial charge < -0.3 is 16.7 Å². The molecule has 0 radical (unpaired) electrons. The molecule has 11 heteroatoms. The van der Waals surface area contributed by atoms with Crippen molar-refractivity contribution in [1.82, 2.24) is 10.9 Å². The van der Waals surface area contributed by atoms with Crippen LogP contribution in [0.3, 0.4) is 0 Å². The first-order chi connectivity index (χ1) is 7.43. The van der Waals surface area contributed by atoms with Gasteiger partial charge in [0.15, 0.2) is 6.04 Å². The summed E-state index contributed by atoms with van der Waals surface area (Å²) in [5, 5.41) is 24.4. The predicted molar refractivity (Wildman–Crippen MR) is 52.3 cm³/mol. The Morgan fingerprint density at radius 1 is 1.25 bits per heavy atom. The second kappa shape index (κ2) is 7.10. The summed E-state index contributed by atoms with van der Waals surface area (Å²) in [6, 6.07) is -3.11. The highest BCUT2D eigenvalue weighted by atomic mass is 16.8. The third-order valence-corrected chi connectivity index (χ3v) is 1.10. The van der Waals surface area contributed by atoms with Crippen molar-refractivity contribution in [2.24, 2.45) is 21.7 Å². The number of carbonyl (C=O) groups is 2. The van der Waals surface area contributed by atoms with Crippen molar-refractivity contribution >= 4 is 24.5 Å². The molecule has 0 bridgehead atoms. The number of hydrogen-bond acceptors (Lipinski definition) is 6. The van der Waals surface area contributed by atoms with Crippen molar-refractivity contribution in [2.45, 2.75) is 6.04 Å². The summed E-state index contributed by atoms with van der Waals surface area (Å²) in [6.45, 7) is 0. The lowest BCUT2D eigenvalue weighted by Gasteiger charge is -2.16. The number of hydroxylamine groups is 2. The summed E-state index contributed by atoms with van der Waals surface area (Å²) in [7, 11) is 0. The van der Waals surface area contributed by atoms with Gasteiger partial charge in [-0.05, 0) is 0 Å². The summed E-state index contributed by atoms with van der Waals surface area (Å²) >= 11 is 0. The fourth-order valence-corrected chi connectivity index (χ4v) is 0.528. The number of nitrogens with two attached hydrogens (primary N) is 2. The quantitative estimate of drug-likeness (QED) is 0.212. The van der Waals surface area contributed by atoms with Crippen molar-refractivity contribution in [3.05, 3.63) is 5.21 Å². The Morgan fingerprint density at radius 2 is 1.62 bits per heavy atom. The minimum Gasteiger partial charge on any atom is -0.599 e. The number of nitrogens with zero attached hydrogens (tertiary/aromatic N) is 2. The van der Waals surface area contributed by atoms with E-state index in [4.69, 9.17) is 5.21 Å². The normalized spacial score (nSPS) is 13.2. The van der Waals surface area contributed by atoms with Crippen molar-refractivity contribution in [3.8, 4) is 0 Å². The van der Waals surface area contributed by atoms with Gasteiger partial charge in [-0.25, -0.2) is 30.9 Å². The molecule has 0 heterocycles. The smallest absolute Gasteiger partial charge is 0.332 e. The number of hydrogen-bond donors (Lipinski definition) is 6. The van der Waals surface area contributed by atoms with Gasteiger partial charge in [0.25, 0.3) is 0 Å². The Kier molecular flexibility index (Phi) is 6.11. The average Bonchev–Trinajstić information content (AvgIpc) is 2.14. The van der Waals surface area contributed by atoms with E-state index in [1.54, 1.807) is 10.9 Å². The number of primary amides is 2. The Morgan fingerprint density at radius 3 is 1.88 bits per heavy atom. The van der Waals surface area contributed by atoms with Gasteiger partial charge in [-0.3, -0.25) is 0 Å². The number of carbonyl (C=O) groups excluding carboxylic acids is 2. The number of urea groups is 2. The maximum Gasteiger partial charge on any atom is 0.332 e. The summed E-state index contributed by atoms with van der Waals surface area (Å²) in [5.74, 6) is 0. The molecule has 16 heavy (non-hydrogen) atoms. The van der Waals surface area contributed by atoms with E-state index < -0.39 is 23.3 Å². The van der Waals surface area contributed by atoms with E-state index in [0.717, 1.165) is 12.4 Å². The first kappa shape index (κ1) is 13.8. The molecule has 0 fully saturated rings. The van der Waals surface area contributed by atoms with Crippen molar-refractivity contribution < 1.29 is 20.0 Å². The predicted octanol–water partition coefficient (Wildman–Crippen LogP) is -3.56. The van der Waals surface area contributed by atoms with E-state index in [9.17, 15) is 14.8 Å². The SMILES string of the molecule is NC(=O)N/N=C/C(/C=N/NC(N)=O)[NH+]([O-])O. The molecule has 1 atom stereocenters. The molecular formula is C5H11N7O4. The molecule has 11 nitrogen and oxygen atoms in total. The summed E-state index contributed by atoms with van der Waals surface area (Å²) < 4.78 is 0. The van der Waals surface area contributed by atoms with Crippen LogP contribution < -0.4 is 27.5 Å². The fourth-order valence-electron chi connectivity index (χ4n) is 0.528. The molecule has 1 unspecified atom stereocenters. The molecule has 0 aliphatic rings. The summed E-state index contributed by atoms with van der Waals surface area (Å²) in [4.78, 5) is 20.4. The first-order valence-corrected chi connectivity index (χ1v) is 3.83. The van der Waals surface area contributed by atoms with Crippen molar-refractivity contribution in [2.75, 3.05) is 0 Å². The molecule has 0 saturated heterocycles. The molecule has 0 rings (SSSR count). The third-order valence-electron chi connectivity index (χ3n) is 1.10. The molecule has 0 aliphatic carbocycles. The summed E-state index contributed by atoms with van der Waals surface area (Å²) in [5.41, 5.74) is 13.0. The van der Waals surface area contributed by atoms with Crippen LogP contribution in [0, 0.1) is 5.21 Å². The molecule has 0 aromatic heterocycles. The molecule has 4 amide bonds. The molecule has 0 aliphatic heterocycles. The van der Waals surface area contributed by atoms with Crippen LogP contribution >= 0.6 is 0 Å². The Labute approximate surface area is 89.3 Å². The zero-order chi connectivity index (χ0) is 12.6. The number of nitrogens with one attached hydrogen (secondary N) is 3. The van der Waals surface area contributed by atoms with E-state index in [1.165, 1.54) is 0 Å². The van der Waals surface area contributed by atoms with Crippen LogP contribution in [0.2, 0.25) is 0 Å². The second-order valence-corrected chi connectivity index (χ2v) is 2.37. The first-order valence-electron chi connectivity index (χ1n) is 3.83. The second-order valence-electron chi connectivity index (χ2n) is 2.37. The van der Waals surface area contributed by atoms with Gasteiger partial charge in [-0.2, -0.15) is 10.2 Å². The molecule has 8 N–H and O–H groups in total. The van der Waals surface area contributed by atoms with Gasteiger partial charge in [-0.1, -0.05) is 0 Å². The van der Waals surface area contributed by atoms with Gasteiger partial charge in [-0.15, -0.1) is 0 Å². The Balaban J connectivity index is 4.27. The highest BCUT2D eigenvalue weighted by molar-refractivity contribution is 5.87. The van der Waals surface area contributed by atoms with Crippen LogP contribution in [0.25, 0.3) is 0 Å². The molecule has 0 spiro atoms. The van der Waals surface area contributed by atoms with Crippen LogP contribution in [-0.4, -0.2) is 35.7 Å². The van der Waals surface area contributed by atoms with E-state index in [2.05, 4.69) is 21.7 Å². The fraction of sp³-hybridized carbons (Fsp3) is 0.200. The molecule has 0 saturated carbocycles. The van der Waals surface area contributed by atoms with Crippen LogP contribution in [0.1, 0.15) is 0 Å². The highest BCUT2D eigenvalue weighted by Crippen LogP contribution is 1.68. The topological polar surface area (TPSA) is 183 Å². The number of rotatable bonds is 5. The number of amides is 4. The van der Waals surface area contributed by atoms with Crippen LogP contribution in [0.4, 0.5) is 9.59 Å². The van der Waals surface area contributed by atoms with E-state index in [0.29, 0.717) is 0 Å². The Hall–Kier alpha value is -2.24. The maximum absolute atomic E-state index is 10.6. The molecule has 90 valence electrons. The lowest BCUT2D eigenvalue weighted by Crippen LogP contribution is -3.09. The lowest BCUT2D eigenvalue weighted by molar-refractivity contribution is -1.05. The number of quaternary nitrogens is 1. The van der Waals surface area contributed by atoms with Crippen molar-refractivity contribution in [1.29, 1.82) is 0 Å². The third kappa shape index (κ3) is 7.19. The minimum atomic E-state index is -1.29. The van der Waals surface area contributed by atoms with E-state index >= 15 is 0 Å². The average molecular weight is 233 g/mol. The van der Waals surface area contributed by atoms with Crippen molar-refractivity contribution in [3.63, 3.8) is 0 Å². The van der Waals surface area contributed by atoms with Gasteiger partial charge in [0.1, 0.15) is 0 Å². The largest absolute Gasteiger partial charge is 0.599 e. The van der Waals surface area contributed by atoms with Crippen LogP contribution in [0.15, 0.2) is 10.2 Å². The van der Waals surface area contributed by atoms with Gasteiger partial charge >= 0.3 is 12.1 Å². The molecular weight excluding hydrogens is 222 g/mol. The Bertz CT molecular complexity index is 275. The lowest BCUT2D eigenvalue weighted by atomic mass is 10.4. The zero-order valence-corrected chi connectivity index (χ0v) is 7.95. The van der Waals surface area contributed by atoms with Gasteiger partial charge in [0.2, 0.25) is 0 Å². The van der Waals surface area contributed by atoms with Gasteiger partial charge in [0.05, 0.1) is 12.4 Å². The van der Waals surface area contributed by atoms with Gasteiger partial charge in [0, 0.05) is 0 Å². The zero-order valence-electron chi connectivity index (χ0n) is 7.95. The maximum atomic E-state index is 10.6. The van der Waals surface area contributed by atoms with E-state index in [1.807, 2.05) is 0 Å². The monoisotopic (exact) mass is 233 g/mol. The van der Waals surface area contributed by atoms with Crippen LogP contribution in [-0.2, 0) is 0 Å². The summed E-state index contributed by atoms with van der Waals surface area (Å²) in [6.07, 6.45) is 1.72. The molecule has 0 aromatic carbocycles. The van der Waals surface area contributed by atoms with Crippen LogP contribution in [0.5, 0.6) is 0 Å². The van der Waals surface area contributed by atoms with E-state index in [-0.39, 0.29) is 0 Å². The minimum absolute atomic E-state index is 0.860.